The molecule has 1 aromatic rings. The molecule has 17 heavy (non-hydrogen) atoms. The van der Waals surface area contributed by atoms with Crippen molar-refractivity contribution >= 4 is 5.97 Å². The number of carbonyl (C=O) groups excluding carboxylic acids is 1. The summed E-state index contributed by atoms with van der Waals surface area (Å²) in [6, 6.07) is 10.5. The summed E-state index contributed by atoms with van der Waals surface area (Å²) in [5.41, 5.74) is 1.17. The lowest BCUT2D eigenvalue weighted by atomic mass is 10.00. The Balaban J connectivity index is 1.63. The second-order valence-electron chi connectivity index (χ2n) is 5.10. The first kappa shape index (κ1) is 10.8. The quantitative estimate of drug-likeness (QED) is 0.729. The third-order valence-electron chi connectivity index (χ3n) is 3.76. The van der Waals surface area contributed by atoms with Crippen LogP contribution < -0.4 is 0 Å². The largest absolute Gasteiger partial charge is 0.458 e. The van der Waals surface area contributed by atoms with E-state index in [1.165, 1.54) is 5.56 Å². The fourth-order valence-electron chi connectivity index (χ4n) is 2.86. The van der Waals surface area contributed by atoms with Crippen molar-refractivity contribution in [3.63, 3.8) is 0 Å². The Morgan fingerprint density at radius 3 is 2.76 bits per heavy atom. The fourth-order valence-corrected chi connectivity index (χ4v) is 2.86. The molecule has 0 aliphatic carbocycles. The van der Waals surface area contributed by atoms with Crippen LogP contribution in [0.1, 0.15) is 24.8 Å². The van der Waals surface area contributed by atoms with Crippen LogP contribution in [0.3, 0.4) is 0 Å². The number of benzene rings is 1. The van der Waals surface area contributed by atoms with E-state index in [4.69, 9.17) is 4.74 Å². The Morgan fingerprint density at radius 2 is 2.06 bits per heavy atom. The highest BCUT2D eigenvalue weighted by Gasteiger charge is 2.45. The molecule has 3 nitrogen and oxygen atoms in total. The van der Waals surface area contributed by atoms with Crippen molar-refractivity contribution in [2.24, 2.45) is 0 Å². The SMILES string of the molecule is O=C1CC[C@]2(CCN(Cc3ccccc3)C2)O1. The van der Waals surface area contributed by atoms with Crippen LogP contribution >= 0.6 is 0 Å². The minimum atomic E-state index is -0.161. The summed E-state index contributed by atoms with van der Waals surface area (Å²) in [6.45, 7) is 2.88. The molecule has 0 radical (unpaired) electrons. The zero-order valence-corrected chi connectivity index (χ0v) is 9.89. The molecule has 2 aliphatic heterocycles. The van der Waals surface area contributed by atoms with Gasteiger partial charge in [-0.15, -0.1) is 0 Å². The van der Waals surface area contributed by atoms with Crippen molar-refractivity contribution < 1.29 is 9.53 Å². The standard InChI is InChI=1S/C14H17NO2/c16-13-6-7-14(17-13)8-9-15(11-14)10-12-4-2-1-3-5-12/h1-5H,6-11H2/t14-/m1/s1. The van der Waals surface area contributed by atoms with Gasteiger partial charge in [-0.25, -0.2) is 0 Å². The van der Waals surface area contributed by atoms with Gasteiger partial charge in [0.15, 0.2) is 0 Å². The molecule has 0 N–H and O–H groups in total. The predicted molar refractivity (Wildman–Crippen MR) is 64.4 cm³/mol. The fraction of sp³-hybridized carbons (Fsp3) is 0.500. The van der Waals surface area contributed by atoms with Gasteiger partial charge in [-0.2, -0.15) is 0 Å². The maximum absolute atomic E-state index is 11.2. The Hall–Kier alpha value is -1.35. The lowest BCUT2D eigenvalue weighted by Crippen LogP contribution is -2.32. The Bertz CT molecular complexity index is 417. The summed E-state index contributed by atoms with van der Waals surface area (Å²) in [6.07, 6.45) is 2.49. The number of esters is 1. The van der Waals surface area contributed by atoms with Crippen LogP contribution in [0.4, 0.5) is 0 Å². The van der Waals surface area contributed by atoms with E-state index in [0.717, 1.165) is 32.5 Å². The molecule has 2 aliphatic rings. The molecule has 0 unspecified atom stereocenters. The van der Waals surface area contributed by atoms with Gasteiger partial charge < -0.3 is 4.74 Å². The highest BCUT2D eigenvalue weighted by molar-refractivity contribution is 5.72. The van der Waals surface area contributed by atoms with E-state index < -0.39 is 0 Å². The molecule has 90 valence electrons. The Kier molecular flexibility index (Phi) is 2.63. The highest BCUT2D eigenvalue weighted by Crippen LogP contribution is 2.35. The molecule has 1 aromatic carbocycles. The molecule has 0 bridgehead atoms. The average molecular weight is 231 g/mol. The van der Waals surface area contributed by atoms with Crippen LogP contribution in [0.2, 0.25) is 0 Å². The van der Waals surface area contributed by atoms with Gasteiger partial charge in [-0.1, -0.05) is 30.3 Å². The summed E-state index contributed by atoms with van der Waals surface area (Å²) >= 11 is 0. The second-order valence-corrected chi connectivity index (χ2v) is 5.10. The number of hydrogen-bond donors (Lipinski definition) is 0. The topological polar surface area (TPSA) is 29.5 Å². The molecule has 0 aromatic heterocycles. The van der Waals surface area contributed by atoms with Crippen LogP contribution in [0, 0.1) is 0 Å². The molecule has 2 heterocycles. The summed E-state index contributed by atoms with van der Waals surface area (Å²) < 4.78 is 5.50. The van der Waals surface area contributed by atoms with Crippen LogP contribution in [0.25, 0.3) is 0 Å². The normalized spacial score (nSPS) is 28.8. The first-order valence-corrected chi connectivity index (χ1v) is 6.24. The maximum atomic E-state index is 11.2. The minimum absolute atomic E-state index is 0.0217. The van der Waals surface area contributed by atoms with Crippen molar-refractivity contribution in [2.45, 2.75) is 31.4 Å². The minimum Gasteiger partial charge on any atom is -0.458 e. The van der Waals surface area contributed by atoms with Crippen LogP contribution in [-0.4, -0.2) is 29.6 Å². The van der Waals surface area contributed by atoms with Gasteiger partial charge in [0.1, 0.15) is 5.60 Å². The van der Waals surface area contributed by atoms with E-state index in [0.29, 0.717) is 6.42 Å². The van der Waals surface area contributed by atoms with Gasteiger partial charge in [-0.3, -0.25) is 9.69 Å². The summed E-state index contributed by atoms with van der Waals surface area (Å²) in [5.74, 6) is -0.0217. The van der Waals surface area contributed by atoms with Gasteiger partial charge in [-0.05, 0) is 12.0 Å². The number of carbonyl (C=O) groups is 1. The first-order chi connectivity index (χ1) is 8.26. The lowest BCUT2D eigenvalue weighted by Gasteiger charge is -2.22. The lowest BCUT2D eigenvalue weighted by molar-refractivity contribution is -0.147. The third-order valence-corrected chi connectivity index (χ3v) is 3.76. The smallest absolute Gasteiger partial charge is 0.306 e. The molecule has 0 amide bonds. The van der Waals surface area contributed by atoms with E-state index in [1.807, 2.05) is 6.07 Å². The molecule has 0 saturated carbocycles. The molecule has 1 spiro atoms. The van der Waals surface area contributed by atoms with Crippen molar-refractivity contribution in [3.8, 4) is 0 Å². The van der Waals surface area contributed by atoms with Gasteiger partial charge in [0.2, 0.25) is 0 Å². The van der Waals surface area contributed by atoms with Gasteiger partial charge >= 0.3 is 5.97 Å². The van der Waals surface area contributed by atoms with E-state index in [-0.39, 0.29) is 11.6 Å². The molecular weight excluding hydrogens is 214 g/mol. The van der Waals surface area contributed by atoms with Crippen LogP contribution in [-0.2, 0) is 16.1 Å². The van der Waals surface area contributed by atoms with Gasteiger partial charge in [0.25, 0.3) is 0 Å². The van der Waals surface area contributed by atoms with Crippen molar-refractivity contribution in [1.82, 2.24) is 4.90 Å². The number of ether oxygens (including phenoxy) is 1. The summed E-state index contributed by atoms with van der Waals surface area (Å²) in [4.78, 5) is 13.6. The van der Waals surface area contributed by atoms with E-state index in [9.17, 15) is 4.79 Å². The molecule has 1 atom stereocenters. The number of rotatable bonds is 2. The monoisotopic (exact) mass is 231 g/mol. The Labute approximate surface area is 101 Å². The number of nitrogens with zero attached hydrogens (tertiary/aromatic N) is 1. The maximum Gasteiger partial charge on any atom is 0.306 e. The van der Waals surface area contributed by atoms with Gasteiger partial charge in [0.05, 0.1) is 0 Å². The zero-order chi connectivity index (χ0) is 11.7. The highest BCUT2D eigenvalue weighted by atomic mass is 16.6. The van der Waals surface area contributed by atoms with Crippen LogP contribution in [0.15, 0.2) is 30.3 Å². The summed E-state index contributed by atoms with van der Waals surface area (Å²) in [5, 5.41) is 0. The van der Waals surface area contributed by atoms with Crippen molar-refractivity contribution in [3.05, 3.63) is 35.9 Å². The zero-order valence-electron chi connectivity index (χ0n) is 9.89. The first-order valence-electron chi connectivity index (χ1n) is 6.24. The molecule has 2 fully saturated rings. The molecule has 3 rings (SSSR count). The van der Waals surface area contributed by atoms with E-state index in [1.54, 1.807) is 0 Å². The molecule has 2 saturated heterocycles. The number of likely N-dealkylation sites (tertiary alicyclic amines) is 1. The van der Waals surface area contributed by atoms with Crippen LogP contribution in [0.5, 0.6) is 0 Å². The molecular formula is C14H17NO2. The number of hydrogen-bond acceptors (Lipinski definition) is 3. The average Bonchev–Trinajstić information content (AvgIpc) is 2.88. The van der Waals surface area contributed by atoms with E-state index in [2.05, 4.69) is 29.2 Å². The van der Waals surface area contributed by atoms with Gasteiger partial charge in [0, 0.05) is 32.5 Å². The second kappa shape index (κ2) is 4.15. The summed E-state index contributed by atoms with van der Waals surface area (Å²) in [7, 11) is 0. The predicted octanol–water partition coefficient (Wildman–Crippen LogP) is 1.97. The third kappa shape index (κ3) is 2.20. The molecule has 3 heteroatoms. The van der Waals surface area contributed by atoms with Crippen molar-refractivity contribution in [2.75, 3.05) is 13.1 Å². The Morgan fingerprint density at radius 1 is 1.24 bits per heavy atom. The van der Waals surface area contributed by atoms with Crippen molar-refractivity contribution in [1.29, 1.82) is 0 Å². The van der Waals surface area contributed by atoms with E-state index >= 15 is 0 Å².